The van der Waals surface area contributed by atoms with Gasteiger partial charge < -0.3 is 4.57 Å². The van der Waals surface area contributed by atoms with Gasteiger partial charge in [-0.1, -0.05) is 48.6 Å². The van der Waals surface area contributed by atoms with Crippen LogP contribution in [0.1, 0.15) is 54.7 Å². The van der Waals surface area contributed by atoms with Crippen LogP contribution in [0.3, 0.4) is 0 Å². The molecule has 1 aromatic carbocycles. The fourth-order valence-electron chi connectivity index (χ4n) is 5.61. The first kappa shape index (κ1) is 19.6. The van der Waals surface area contributed by atoms with Crippen molar-refractivity contribution in [2.45, 2.75) is 57.3 Å². The van der Waals surface area contributed by atoms with Gasteiger partial charge in [0, 0.05) is 18.8 Å². The Morgan fingerprint density at radius 3 is 2.78 bits per heavy atom. The molecule has 3 atom stereocenters. The van der Waals surface area contributed by atoms with Crippen LogP contribution >= 0.6 is 0 Å². The zero-order valence-electron chi connectivity index (χ0n) is 18.2. The van der Waals surface area contributed by atoms with Gasteiger partial charge in [-0.2, -0.15) is 4.39 Å². The van der Waals surface area contributed by atoms with E-state index in [1.165, 1.54) is 11.1 Å². The second-order valence-electron chi connectivity index (χ2n) is 9.03. The minimum Gasteiger partial charge on any atom is -0.308 e. The molecule has 0 amide bonds. The maximum absolute atomic E-state index is 14.6. The van der Waals surface area contributed by atoms with Crippen LogP contribution in [0.4, 0.5) is 4.39 Å². The molecule has 3 aromatic rings. The molecule has 0 N–H and O–H groups in total. The zero-order chi connectivity index (χ0) is 21.7. The van der Waals surface area contributed by atoms with Gasteiger partial charge in [0.15, 0.2) is 11.6 Å². The predicted octanol–water partition coefficient (Wildman–Crippen LogP) is 5.32. The van der Waals surface area contributed by atoms with Gasteiger partial charge >= 0.3 is 0 Å². The second-order valence-corrected chi connectivity index (χ2v) is 9.03. The Kier molecular flexibility index (Phi) is 4.76. The van der Waals surface area contributed by atoms with E-state index >= 15 is 0 Å². The topological polar surface area (TPSA) is 46.8 Å². The molecule has 2 aromatic heterocycles. The van der Waals surface area contributed by atoms with Crippen LogP contribution in [0.25, 0.3) is 11.4 Å². The van der Waals surface area contributed by atoms with E-state index in [4.69, 9.17) is 0 Å². The number of aryl methyl sites for hydroxylation is 1. The maximum atomic E-state index is 14.6. The number of hydrogen-bond acceptors (Lipinski definition) is 4. The Morgan fingerprint density at radius 2 is 1.97 bits per heavy atom. The van der Waals surface area contributed by atoms with Crippen LogP contribution in [0.15, 0.2) is 66.4 Å². The SMILES string of the molecule is Cc1cnc(F)c(-c2nnc3n2CC2CCC3N2C(C2=CCCC=C2)c2ccccc2)c1. The normalized spacial score (nSPS) is 23.1. The lowest BCUT2D eigenvalue weighted by molar-refractivity contribution is 0.107. The molecule has 3 unspecified atom stereocenters. The third-order valence-electron chi connectivity index (χ3n) is 7.00. The highest BCUT2D eigenvalue weighted by Gasteiger charge is 2.46. The molecule has 32 heavy (non-hydrogen) atoms. The fourth-order valence-corrected chi connectivity index (χ4v) is 5.61. The first-order chi connectivity index (χ1) is 15.7. The van der Waals surface area contributed by atoms with Crippen molar-refractivity contribution in [3.63, 3.8) is 0 Å². The number of aromatic nitrogens is 4. The van der Waals surface area contributed by atoms with Crippen molar-refractivity contribution in [3.05, 3.63) is 89.3 Å². The second kappa shape index (κ2) is 7.78. The third-order valence-corrected chi connectivity index (χ3v) is 7.00. The summed E-state index contributed by atoms with van der Waals surface area (Å²) in [5.74, 6) is 1.05. The summed E-state index contributed by atoms with van der Waals surface area (Å²) < 4.78 is 16.7. The molecule has 1 fully saturated rings. The summed E-state index contributed by atoms with van der Waals surface area (Å²) in [6, 6.07) is 13.3. The molecule has 2 bridgehead atoms. The van der Waals surface area contributed by atoms with Gasteiger partial charge in [-0.25, -0.2) is 4.98 Å². The molecule has 0 saturated carbocycles. The van der Waals surface area contributed by atoms with Crippen molar-refractivity contribution in [2.75, 3.05) is 0 Å². The molecule has 1 aliphatic carbocycles. The Hall–Kier alpha value is -3.12. The van der Waals surface area contributed by atoms with E-state index in [-0.39, 0.29) is 12.1 Å². The molecule has 0 spiro atoms. The number of hydrogen-bond donors (Lipinski definition) is 0. The minimum absolute atomic E-state index is 0.164. The van der Waals surface area contributed by atoms with E-state index in [1.807, 2.05) is 13.0 Å². The summed E-state index contributed by atoms with van der Waals surface area (Å²) in [5.41, 5.74) is 4.03. The van der Waals surface area contributed by atoms with E-state index in [1.54, 1.807) is 6.20 Å². The lowest BCUT2D eigenvalue weighted by Gasteiger charge is -2.42. The molecule has 3 aliphatic rings. The van der Waals surface area contributed by atoms with Gasteiger partial charge in [0.25, 0.3) is 0 Å². The number of benzene rings is 1. The molecule has 6 heteroatoms. The number of pyridine rings is 1. The zero-order valence-corrected chi connectivity index (χ0v) is 18.2. The van der Waals surface area contributed by atoms with Crippen LogP contribution in [-0.4, -0.2) is 30.7 Å². The highest BCUT2D eigenvalue weighted by molar-refractivity contribution is 5.56. The van der Waals surface area contributed by atoms with Crippen LogP contribution in [0.2, 0.25) is 0 Å². The predicted molar refractivity (Wildman–Crippen MR) is 121 cm³/mol. The standard InChI is InChI=1S/C26H26FN5/c1-17-14-21(24(27)28-15-17)25-29-30-26-22-13-12-20(16-31(25)26)32(22)23(18-8-4-2-5-9-18)19-10-6-3-7-11-19/h2,4-6,8-11,14-15,20,22-23H,3,7,12-13,16H2,1H3. The van der Waals surface area contributed by atoms with E-state index in [0.717, 1.165) is 43.6 Å². The third kappa shape index (κ3) is 3.13. The largest absolute Gasteiger partial charge is 0.308 e. The van der Waals surface area contributed by atoms with Gasteiger partial charge in [0.1, 0.15) is 0 Å². The average molecular weight is 428 g/mol. The minimum atomic E-state index is -0.486. The van der Waals surface area contributed by atoms with E-state index in [9.17, 15) is 4.39 Å². The summed E-state index contributed by atoms with van der Waals surface area (Å²) in [5, 5.41) is 9.04. The van der Waals surface area contributed by atoms with Crippen LogP contribution in [0.5, 0.6) is 0 Å². The first-order valence-electron chi connectivity index (χ1n) is 11.5. The Morgan fingerprint density at radius 1 is 1.09 bits per heavy atom. The molecule has 0 radical (unpaired) electrons. The number of fused-ring (bicyclic) bond motifs is 4. The van der Waals surface area contributed by atoms with Crippen LogP contribution in [0, 0.1) is 12.9 Å². The average Bonchev–Trinajstić information content (AvgIpc) is 3.38. The maximum Gasteiger partial charge on any atom is 0.223 e. The van der Waals surface area contributed by atoms with Crippen molar-refractivity contribution < 1.29 is 4.39 Å². The van der Waals surface area contributed by atoms with Gasteiger partial charge in [0.2, 0.25) is 5.95 Å². The molecule has 1 saturated heterocycles. The fraction of sp³-hybridized carbons (Fsp3) is 0.346. The Labute approximate surface area is 187 Å². The molecular weight excluding hydrogens is 401 g/mol. The molecular formula is C26H26FN5. The van der Waals surface area contributed by atoms with Crippen molar-refractivity contribution in [2.24, 2.45) is 0 Å². The van der Waals surface area contributed by atoms with E-state index in [0.29, 0.717) is 17.4 Å². The van der Waals surface area contributed by atoms with Gasteiger partial charge in [-0.15, -0.1) is 10.2 Å². The summed E-state index contributed by atoms with van der Waals surface area (Å²) in [7, 11) is 0. The van der Waals surface area contributed by atoms with Crippen molar-refractivity contribution in [3.8, 4) is 11.4 Å². The summed E-state index contributed by atoms with van der Waals surface area (Å²) in [6.45, 7) is 2.69. The van der Waals surface area contributed by atoms with Gasteiger partial charge in [-0.05, 0) is 55.4 Å². The summed E-state index contributed by atoms with van der Waals surface area (Å²) in [6.07, 6.45) is 12.8. The Bertz CT molecular complexity index is 1210. The number of halogens is 1. The van der Waals surface area contributed by atoms with E-state index < -0.39 is 5.95 Å². The molecule has 162 valence electrons. The van der Waals surface area contributed by atoms with Gasteiger partial charge in [0.05, 0.1) is 17.6 Å². The molecule has 2 aliphatic heterocycles. The van der Waals surface area contributed by atoms with Gasteiger partial charge in [-0.3, -0.25) is 4.90 Å². The van der Waals surface area contributed by atoms with Crippen molar-refractivity contribution in [1.82, 2.24) is 24.6 Å². The summed E-state index contributed by atoms with van der Waals surface area (Å²) >= 11 is 0. The first-order valence-corrected chi connectivity index (χ1v) is 11.5. The lowest BCUT2D eigenvalue weighted by Crippen LogP contribution is -2.43. The summed E-state index contributed by atoms with van der Waals surface area (Å²) in [4.78, 5) is 6.54. The van der Waals surface area contributed by atoms with Crippen molar-refractivity contribution >= 4 is 0 Å². The number of allylic oxidation sites excluding steroid dienone is 2. The Balaban J connectivity index is 1.43. The monoisotopic (exact) mass is 427 g/mol. The smallest absolute Gasteiger partial charge is 0.223 e. The number of nitrogens with zero attached hydrogens (tertiary/aromatic N) is 5. The molecule has 4 heterocycles. The van der Waals surface area contributed by atoms with Crippen LogP contribution < -0.4 is 0 Å². The molecule has 6 rings (SSSR count). The highest BCUT2D eigenvalue weighted by atomic mass is 19.1. The van der Waals surface area contributed by atoms with Crippen molar-refractivity contribution in [1.29, 1.82) is 0 Å². The van der Waals surface area contributed by atoms with E-state index in [2.05, 4.69) is 73.2 Å². The molecule has 5 nitrogen and oxygen atoms in total. The van der Waals surface area contributed by atoms with Crippen LogP contribution in [-0.2, 0) is 6.54 Å². The highest BCUT2D eigenvalue weighted by Crippen LogP contribution is 2.49. The quantitative estimate of drug-likeness (QED) is 0.529. The number of rotatable bonds is 4. The lowest BCUT2D eigenvalue weighted by atomic mass is 9.91.